The lowest BCUT2D eigenvalue weighted by molar-refractivity contribution is 0.0977. The molecule has 0 aliphatic rings. The number of fused-ring (bicyclic) bond motifs is 1. The molecule has 0 amide bonds. The first-order valence-corrected chi connectivity index (χ1v) is 6.67. The van der Waals surface area contributed by atoms with Gasteiger partial charge in [-0.2, -0.15) is 0 Å². The molecule has 2 aromatic heterocycles. The SMILES string of the molecule is O=C(Cn1cnc2ccccc21)c1sccc1Cl. The second kappa shape index (κ2) is 4.55. The number of halogens is 1. The highest BCUT2D eigenvalue weighted by molar-refractivity contribution is 7.12. The van der Waals surface area contributed by atoms with Gasteiger partial charge in [0, 0.05) is 0 Å². The van der Waals surface area contributed by atoms with Crippen LogP contribution in [0.2, 0.25) is 5.02 Å². The van der Waals surface area contributed by atoms with Gasteiger partial charge in [0.05, 0.1) is 33.8 Å². The van der Waals surface area contributed by atoms with Crippen molar-refractivity contribution in [3.8, 4) is 0 Å². The van der Waals surface area contributed by atoms with Gasteiger partial charge in [-0.05, 0) is 23.6 Å². The van der Waals surface area contributed by atoms with Crippen LogP contribution in [0.25, 0.3) is 11.0 Å². The molecule has 0 spiro atoms. The molecule has 3 rings (SSSR count). The van der Waals surface area contributed by atoms with Crippen molar-refractivity contribution in [1.29, 1.82) is 0 Å². The molecule has 0 atom stereocenters. The molecule has 0 unspecified atom stereocenters. The Labute approximate surface area is 113 Å². The number of benzene rings is 1. The predicted octanol–water partition coefficient (Wildman–Crippen LogP) is 3.63. The average molecular weight is 277 g/mol. The van der Waals surface area contributed by atoms with Gasteiger partial charge in [-0.1, -0.05) is 23.7 Å². The van der Waals surface area contributed by atoms with Gasteiger partial charge in [0.25, 0.3) is 0 Å². The minimum Gasteiger partial charge on any atom is -0.323 e. The molecule has 0 saturated heterocycles. The van der Waals surface area contributed by atoms with Crippen molar-refractivity contribution in [1.82, 2.24) is 9.55 Å². The minimum absolute atomic E-state index is 0.0122. The van der Waals surface area contributed by atoms with Crippen molar-refractivity contribution < 1.29 is 4.79 Å². The van der Waals surface area contributed by atoms with Crippen LogP contribution >= 0.6 is 22.9 Å². The molecule has 1 aromatic carbocycles. The molecule has 90 valence electrons. The second-order valence-corrected chi connectivity index (χ2v) is 5.21. The van der Waals surface area contributed by atoms with E-state index in [1.165, 1.54) is 11.3 Å². The Kier molecular flexibility index (Phi) is 2.89. The number of thiophene rings is 1. The molecular formula is C13H9ClN2OS. The fourth-order valence-electron chi connectivity index (χ4n) is 1.86. The van der Waals surface area contributed by atoms with Crippen molar-refractivity contribution in [3.05, 3.63) is 51.9 Å². The zero-order valence-corrected chi connectivity index (χ0v) is 10.9. The van der Waals surface area contributed by atoms with Gasteiger partial charge in [-0.3, -0.25) is 4.79 Å². The molecule has 18 heavy (non-hydrogen) atoms. The summed E-state index contributed by atoms with van der Waals surface area (Å²) in [4.78, 5) is 17.0. The summed E-state index contributed by atoms with van der Waals surface area (Å²) in [6, 6.07) is 9.48. The van der Waals surface area contributed by atoms with Crippen LogP contribution in [0.1, 0.15) is 9.67 Å². The maximum Gasteiger partial charge on any atom is 0.193 e. The summed E-state index contributed by atoms with van der Waals surface area (Å²) in [5.74, 6) is 0.0122. The Morgan fingerprint density at radius 1 is 1.33 bits per heavy atom. The maximum absolute atomic E-state index is 12.1. The quantitative estimate of drug-likeness (QED) is 0.685. The third kappa shape index (κ3) is 1.94. The average Bonchev–Trinajstić information content (AvgIpc) is 2.97. The summed E-state index contributed by atoms with van der Waals surface area (Å²) >= 11 is 7.33. The molecular weight excluding hydrogens is 268 g/mol. The van der Waals surface area contributed by atoms with Gasteiger partial charge < -0.3 is 4.57 Å². The van der Waals surface area contributed by atoms with E-state index in [1.54, 1.807) is 12.4 Å². The third-order valence-electron chi connectivity index (χ3n) is 2.71. The molecule has 2 heterocycles. The van der Waals surface area contributed by atoms with Gasteiger partial charge >= 0.3 is 0 Å². The van der Waals surface area contributed by atoms with E-state index in [2.05, 4.69) is 4.98 Å². The van der Waals surface area contributed by atoms with Gasteiger partial charge in [-0.25, -0.2) is 4.98 Å². The van der Waals surface area contributed by atoms with Crippen LogP contribution in [0, 0.1) is 0 Å². The van der Waals surface area contributed by atoms with E-state index in [4.69, 9.17) is 11.6 Å². The maximum atomic E-state index is 12.1. The van der Waals surface area contributed by atoms with Crippen molar-refractivity contribution >= 4 is 39.8 Å². The van der Waals surface area contributed by atoms with Crippen LogP contribution in [-0.2, 0) is 6.54 Å². The number of para-hydroxylation sites is 2. The predicted molar refractivity (Wildman–Crippen MR) is 73.4 cm³/mol. The molecule has 0 saturated carbocycles. The number of nitrogens with zero attached hydrogens (tertiary/aromatic N) is 2. The van der Waals surface area contributed by atoms with E-state index >= 15 is 0 Å². The fraction of sp³-hybridized carbons (Fsp3) is 0.0769. The zero-order valence-electron chi connectivity index (χ0n) is 9.34. The zero-order chi connectivity index (χ0) is 12.5. The summed E-state index contributed by atoms with van der Waals surface area (Å²) in [7, 11) is 0. The molecule has 3 nitrogen and oxygen atoms in total. The summed E-state index contributed by atoms with van der Waals surface area (Å²) in [6.45, 7) is 0.265. The molecule has 0 aliphatic carbocycles. The highest BCUT2D eigenvalue weighted by Gasteiger charge is 2.13. The lowest BCUT2D eigenvalue weighted by Crippen LogP contribution is -2.08. The smallest absolute Gasteiger partial charge is 0.193 e. The number of aromatic nitrogens is 2. The summed E-state index contributed by atoms with van der Waals surface area (Å²) in [5.41, 5.74) is 1.85. The molecule has 3 aromatic rings. The Hall–Kier alpha value is -1.65. The highest BCUT2D eigenvalue weighted by Crippen LogP contribution is 2.23. The molecule has 0 aliphatic heterocycles. The number of hydrogen-bond donors (Lipinski definition) is 0. The summed E-state index contributed by atoms with van der Waals surface area (Å²) < 4.78 is 1.84. The minimum atomic E-state index is 0.0122. The molecule has 5 heteroatoms. The van der Waals surface area contributed by atoms with Crippen molar-refractivity contribution in [2.24, 2.45) is 0 Å². The number of hydrogen-bond acceptors (Lipinski definition) is 3. The Morgan fingerprint density at radius 2 is 2.17 bits per heavy atom. The standard InChI is InChI=1S/C13H9ClN2OS/c14-9-5-6-18-13(9)12(17)7-16-8-15-10-3-1-2-4-11(10)16/h1-6,8H,7H2. The number of carbonyl (C=O) groups is 1. The van der Waals surface area contributed by atoms with Gasteiger partial charge in [0.2, 0.25) is 0 Å². The van der Waals surface area contributed by atoms with Crippen molar-refractivity contribution in [3.63, 3.8) is 0 Å². The van der Waals surface area contributed by atoms with E-state index in [0.717, 1.165) is 11.0 Å². The summed E-state index contributed by atoms with van der Waals surface area (Å²) in [5, 5.41) is 2.34. The number of Topliss-reactive ketones (excluding diaryl/α,β-unsaturated/α-hetero) is 1. The van der Waals surface area contributed by atoms with Crippen LogP contribution in [0.3, 0.4) is 0 Å². The Balaban J connectivity index is 1.93. The number of rotatable bonds is 3. The molecule has 0 radical (unpaired) electrons. The van der Waals surface area contributed by atoms with Crippen LogP contribution in [0.15, 0.2) is 42.0 Å². The second-order valence-electron chi connectivity index (χ2n) is 3.88. The lowest BCUT2D eigenvalue weighted by Gasteiger charge is -2.02. The van der Waals surface area contributed by atoms with Gasteiger partial charge in [0.15, 0.2) is 5.78 Å². The van der Waals surface area contributed by atoms with Crippen LogP contribution < -0.4 is 0 Å². The van der Waals surface area contributed by atoms with Crippen LogP contribution in [-0.4, -0.2) is 15.3 Å². The lowest BCUT2D eigenvalue weighted by atomic mass is 10.3. The van der Waals surface area contributed by atoms with Crippen LogP contribution in [0.4, 0.5) is 0 Å². The van der Waals surface area contributed by atoms with E-state index in [-0.39, 0.29) is 12.3 Å². The first kappa shape index (κ1) is 11.4. The Bertz CT molecular complexity index is 716. The largest absolute Gasteiger partial charge is 0.323 e. The van der Waals surface area contributed by atoms with E-state index < -0.39 is 0 Å². The van der Waals surface area contributed by atoms with E-state index in [0.29, 0.717) is 9.90 Å². The first-order valence-electron chi connectivity index (χ1n) is 5.42. The van der Waals surface area contributed by atoms with Crippen molar-refractivity contribution in [2.45, 2.75) is 6.54 Å². The molecule has 0 fully saturated rings. The topological polar surface area (TPSA) is 34.9 Å². The highest BCUT2D eigenvalue weighted by atomic mass is 35.5. The monoisotopic (exact) mass is 276 g/mol. The number of imidazole rings is 1. The fourth-order valence-corrected chi connectivity index (χ4v) is 2.95. The number of carbonyl (C=O) groups excluding carboxylic acids is 1. The van der Waals surface area contributed by atoms with Gasteiger partial charge in [0.1, 0.15) is 0 Å². The van der Waals surface area contributed by atoms with Crippen LogP contribution in [0.5, 0.6) is 0 Å². The molecule has 0 bridgehead atoms. The van der Waals surface area contributed by atoms with Gasteiger partial charge in [-0.15, -0.1) is 11.3 Å². The normalized spacial score (nSPS) is 10.9. The first-order chi connectivity index (χ1) is 8.75. The van der Waals surface area contributed by atoms with E-state index in [9.17, 15) is 4.79 Å². The van der Waals surface area contributed by atoms with Crippen molar-refractivity contribution in [2.75, 3.05) is 0 Å². The Morgan fingerprint density at radius 3 is 2.94 bits per heavy atom. The number of ketones is 1. The molecule has 0 N–H and O–H groups in total. The van der Waals surface area contributed by atoms with E-state index in [1.807, 2.05) is 34.2 Å². The third-order valence-corrected chi connectivity index (χ3v) is 4.09. The summed E-state index contributed by atoms with van der Waals surface area (Å²) in [6.07, 6.45) is 1.68.